The van der Waals surface area contributed by atoms with Gasteiger partial charge in [-0.3, -0.25) is 0 Å². The Morgan fingerprint density at radius 2 is 2.10 bits per heavy atom. The lowest BCUT2D eigenvalue weighted by atomic mass is 10.1. The zero-order valence-electron chi connectivity index (χ0n) is 11.9. The van der Waals surface area contributed by atoms with E-state index in [0.717, 1.165) is 24.4 Å². The van der Waals surface area contributed by atoms with Crippen LogP contribution in [0.5, 0.6) is 0 Å². The molecule has 1 aliphatic rings. The number of ether oxygens (including phenoxy) is 3. The van der Waals surface area contributed by atoms with E-state index in [2.05, 4.69) is 10.1 Å². The molecule has 1 aliphatic heterocycles. The predicted molar refractivity (Wildman–Crippen MR) is 78.8 cm³/mol. The monoisotopic (exact) mass is 314 g/mol. The van der Waals surface area contributed by atoms with Crippen molar-refractivity contribution in [2.45, 2.75) is 6.42 Å². The summed E-state index contributed by atoms with van der Waals surface area (Å²) in [7, 11) is 2.54. The minimum absolute atomic E-state index is 0.0869. The molecular weight excluding hydrogens is 296 g/mol. The molecule has 1 saturated heterocycles. The predicted octanol–water partition coefficient (Wildman–Crippen LogP) is 1.35. The number of thiophene rings is 1. The average molecular weight is 314 g/mol. The number of carbonyl (C=O) groups is 2. The van der Waals surface area contributed by atoms with Gasteiger partial charge in [-0.2, -0.15) is 0 Å². The van der Waals surface area contributed by atoms with Gasteiger partial charge in [0.25, 0.3) is 0 Å². The maximum atomic E-state index is 11.9. The number of nitrogen functional groups attached to an aromatic ring is 1. The van der Waals surface area contributed by atoms with Gasteiger partial charge in [-0.25, -0.2) is 9.59 Å². The Morgan fingerprint density at radius 1 is 1.38 bits per heavy atom. The molecule has 0 radical (unpaired) electrons. The normalized spacial score (nSPS) is 17.5. The van der Waals surface area contributed by atoms with Crippen molar-refractivity contribution in [2.75, 3.05) is 45.0 Å². The SMILES string of the molecule is COC(=O)c1sc(NCC2CCOC2)c(C(=O)OC)c1N. The number of carbonyl (C=O) groups excluding carboxylic acids is 2. The zero-order valence-corrected chi connectivity index (χ0v) is 12.7. The van der Waals surface area contributed by atoms with Crippen molar-refractivity contribution < 1.29 is 23.8 Å². The Hall–Kier alpha value is -1.80. The molecule has 1 aromatic rings. The van der Waals surface area contributed by atoms with Gasteiger partial charge in [0, 0.05) is 19.1 Å². The number of methoxy groups -OCH3 is 2. The van der Waals surface area contributed by atoms with E-state index in [9.17, 15) is 9.59 Å². The topological polar surface area (TPSA) is 99.9 Å². The van der Waals surface area contributed by atoms with Gasteiger partial charge in [0.1, 0.15) is 15.4 Å². The van der Waals surface area contributed by atoms with E-state index in [4.69, 9.17) is 15.2 Å². The number of rotatable bonds is 5. The lowest BCUT2D eigenvalue weighted by Gasteiger charge is -2.10. The fourth-order valence-corrected chi connectivity index (χ4v) is 3.13. The van der Waals surface area contributed by atoms with E-state index in [-0.39, 0.29) is 16.1 Å². The molecule has 2 heterocycles. The van der Waals surface area contributed by atoms with Crippen LogP contribution >= 0.6 is 11.3 Å². The molecule has 1 aromatic heterocycles. The lowest BCUT2D eigenvalue weighted by Crippen LogP contribution is -2.15. The standard InChI is InChI=1S/C13H18N2O5S/c1-18-12(16)8-9(14)10(13(17)19-2)21-11(8)15-5-7-3-4-20-6-7/h7,15H,3-6,14H2,1-2H3. The molecule has 0 amide bonds. The molecule has 8 heteroatoms. The van der Waals surface area contributed by atoms with Crippen molar-refractivity contribution in [2.24, 2.45) is 5.92 Å². The van der Waals surface area contributed by atoms with E-state index in [1.807, 2.05) is 0 Å². The summed E-state index contributed by atoms with van der Waals surface area (Å²) in [4.78, 5) is 23.7. The van der Waals surface area contributed by atoms with E-state index in [1.54, 1.807) is 0 Å². The van der Waals surface area contributed by atoms with Crippen LogP contribution in [0.15, 0.2) is 0 Å². The highest BCUT2D eigenvalue weighted by Gasteiger charge is 2.27. The van der Waals surface area contributed by atoms with Gasteiger partial charge in [-0.05, 0) is 6.42 Å². The third kappa shape index (κ3) is 3.27. The Labute approximate surface area is 126 Å². The van der Waals surface area contributed by atoms with Crippen molar-refractivity contribution in [3.63, 3.8) is 0 Å². The number of hydrogen-bond acceptors (Lipinski definition) is 8. The Kier molecular flexibility index (Phi) is 5.03. The van der Waals surface area contributed by atoms with Crippen molar-refractivity contribution in [3.8, 4) is 0 Å². The highest BCUT2D eigenvalue weighted by molar-refractivity contribution is 7.19. The van der Waals surface area contributed by atoms with Crippen LogP contribution in [0.1, 0.15) is 26.5 Å². The van der Waals surface area contributed by atoms with Gasteiger partial charge < -0.3 is 25.3 Å². The molecule has 0 bridgehead atoms. The van der Waals surface area contributed by atoms with Crippen molar-refractivity contribution in [3.05, 3.63) is 10.4 Å². The highest BCUT2D eigenvalue weighted by Crippen LogP contribution is 2.37. The van der Waals surface area contributed by atoms with Gasteiger partial charge in [0.15, 0.2) is 0 Å². The summed E-state index contributed by atoms with van der Waals surface area (Å²) in [6, 6.07) is 0. The summed E-state index contributed by atoms with van der Waals surface area (Å²) in [5.74, 6) is -0.774. The summed E-state index contributed by atoms with van der Waals surface area (Å²) < 4.78 is 14.7. The molecule has 1 fully saturated rings. The third-order valence-electron chi connectivity index (χ3n) is 3.28. The number of nitrogens with one attached hydrogen (secondary N) is 1. The fraction of sp³-hybridized carbons (Fsp3) is 0.538. The number of hydrogen-bond donors (Lipinski definition) is 2. The van der Waals surface area contributed by atoms with Crippen molar-refractivity contribution >= 4 is 34.0 Å². The second-order valence-corrected chi connectivity index (χ2v) is 5.66. The van der Waals surface area contributed by atoms with E-state index in [1.165, 1.54) is 14.2 Å². The molecule has 116 valence electrons. The van der Waals surface area contributed by atoms with E-state index < -0.39 is 11.9 Å². The summed E-state index contributed by atoms with van der Waals surface area (Å²) in [6.45, 7) is 2.08. The molecule has 21 heavy (non-hydrogen) atoms. The first-order valence-electron chi connectivity index (χ1n) is 6.49. The Balaban J connectivity index is 2.24. The quantitative estimate of drug-likeness (QED) is 0.791. The molecule has 2 rings (SSSR count). The first-order valence-corrected chi connectivity index (χ1v) is 7.30. The fourth-order valence-electron chi connectivity index (χ4n) is 2.10. The lowest BCUT2D eigenvalue weighted by molar-refractivity contribution is 0.0602. The van der Waals surface area contributed by atoms with Gasteiger partial charge >= 0.3 is 11.9 Å². The van der Waals surface area contributed by atoms with Gasteiger partial charge in [-0.15, -0.1) is 11.3 Å². The third-order valence-corrected chi connectivity index (χ3v) is 4.42. The van der Waals surface area contributed by atoms with Crippen LogP contribution < -0.4 is 11.1 Å². The molecular formula is C13H18N2O5S. The van der Waals surface area contributed by atoms with E-state index in [0.29, 0.717) is 24.1 Å². The molecule has 0 saturated carbocycles. The Bertz CT molecular complexity index is 537. The second-order valence-electron chi connectivity index (χ2n) is 4.64. The van der Waals surface area contributed by atoms with Crippen LogP contribution in [0.2, 0.25) is 0 Å². The van der Waals surface area contributed by atoms with Crippen LogP contribution in [0, 0.1) is 5.92 Å². The Morgan fingerprint density at radius 3 is 2.67 bits per heavy atom. The summed E-state index contributed by atoms with van der Waals surface area (Å²) in [6.07, 6.45) is 0.964. The summed E-state index contributed by atoms with van der Waals surface area (Å²) in [5.41, 5.74) is 6.15. The first kappa shape index (κ1) is 15.6. The molecule has 7 nitrogen and oxygen atoms in total. The number of anilines is 2. The minimum atomic E-state index is -0.580. The summed E-state index contributed by atoms with van der Waals surface area (Å²) >= 11 is 1.09. The van der Waals surface area contributed by atoms with Crippen molar-refractivity contribution in [1.82, 2.24) is 0 Å². The number of nitrogens with two attached hydrogens (primary N) is 1. The molecule has 1 atom stereocenters. The summed E-state index contributed by atoms with van der Waals surface area (Å²) in [5, 5.41) is 3.68. The van der Waals surface area contributed by atoms with Crippen LogP contribution in [-0.2, 0) is 14.2 Å². The molecule has 3 N–H and O–H groups in total. The van der Waals surface area contributed by atoms with Gasteiger partial charge in [0.2, 0.25) is 0 Å². The molecule has 1 unspecified atom stereocenters. The number of esters is 2. The van der Waals surface area contributed by atoms with Crippen LogP contribution in [0.3, 0.4) is 0 Å². The van der Waals surface area contributed by atoms with E-state index >= 15 is 0 Å². The second kappa shape index (κ2) is 6.77. The van der Waals surface area contributed by atoms with Crippen molar-refractivity contribution in [1.29, 1.82) is 0 Å². The van der Waals surface area contributed by atoms with Crippen LogP contribution in [0.25, 0.3) is 0 Å². The average Bonchev–Trinajstić information content (AvgIpc) is 3.11. The maximum absolute atomic E-state index is 11.9. The largest absolute Gasteiger partial charge is 0.465 e. The van der Waals surface area contributed by atoms with Crippen LogP contribution in [-0.4, -0.2) is 45.9 Å². The maximum Gasteiger partial charge on any atom is 0.350 e. The van der Waals surface area contributed by atoms with Crippen LogP contribution in [0.4, 0.5) is 10.7 Å². The van der Waals surface area contributed by atoms with Gasteiger partial charge in [-0.1, -0.05) is 0 Å². The molecule has 0 aliphatic carbocycles. The molecule has 0 spiro atoms. The van der Waals surface area contributed by atoms with Gasteiger partial charge in [0.05, 0.1) is 26.5 Å². The zero-order chi connectivity index (χ0) is 15.4. The minimum Gasteiger partial charge on any atom is -0.465 e. The highest BCUT2D eigenvalue weighted by atomic mass is 32.1. The molecule has 0 aromatic carbocycles. The smallest absolute Gasteiger partial charge is 0.350 e. The first-order chi connectivity index (χ1) is 10.1.